The number of para-hydroxylation sites is 8. The number of benzene rings is 14. The Bertz CT molecular complexity index is 6850. The van der Waals surface area contributed by atoms with Crippen LogP contribution in [0.25, 0.3) is 167 Å². The number of alkyl halides is 3. The van der Waals surface area contributed by atoms with Gasteiger partial charge in [-0.3, -0.25) is 0 Å². The summed E-state index contributed by atoms with van der Waals surface area (Å²) < 4.78 is 52.4. The highest BCUT2D eigenvalue weighted by Gasteiger charge is 2.52. The first-order chi connectivity index (χ1) is 57.8. The van der Waals surface area contributed by atoms with E-state index in [0.717, 1.165) is 99.3 Å². The van der Waals surface area contributed by atoms with Crippen molar-refractivity contribution in [1.29, 1.82) is 0 Å². The summed E-state index contributed by atoms with van der Waals surface area (Å²) in [4.78, 5) is 34.2. The lowest BCUT2D eigenvalue weighted by Gasteiger charge is -2.32. The molecule has 6 aromatic heterocycles. The number of halogens is 6. The van der Waals surface area contributed by atoms with Crippen LogP contribution in [0.2, 0.25) is 5.28 Å². The van der Waals surface area contributed by atoms with E-state index in [4.69, 9.17) is 40.8 Å². The predicted molar refractivity (Wildman–Crippen MR) is 511 cm³/mol. The van der Waals surface area contributed by atoms with E-state index in [1.807, 2.05) is 234 Å². The molecule has 0 bridgehead atoms. The van der Waals surface area contributed by atoms with Gasteiger partial charge in [-0.25, -0.2) is 28.7 Å². The van der Waals surface area contributed by atoms with Crippen molar-refractivity contribution in [2.24, 2.45) is 0 Å². The molecule has 1 fully saturated rings. The average molecular weight is 1900 g/mol. The van der Waals surface area contributed by atoms with E-state index in [-0.39, 0.29) is 16.9 Å². The Hall–Kier alpha value is -11.4. The second kappa shape index (κ2) is 35.0. The normalized spacial score (nSPS) is 12.7. The largest absolute Gasteiger partial charge is 0.494 e. The zero-order valence-electron chi connectivity index (χ0n) is 65.5. The Morgan fingerprint density at radius 1 is 0.271 bits per heavy atom. The van der Waals surface area contributed by atoms with Crippen molar-refractivity contribution >= 4 is 179 Å². The van der Waals surface area contributed by atoms with Gasteiger partial charge in [0.05, 0.1) is 66.7 Å². The topological polar surface area (TPSA) is 116 Å². The van der Waals surface area contributed by atoms with Gasteiger partial charge in [-0.2, -0.15) is 9.97 Å². The molecule has 20 aromatic rings. The summed E-state index contributed by atoms with van der Waals surface area (Å²) in [6.07, 6.45) is 0. The molecule has 118 heavy (non-hydrogen) atoms. The maximum absolute atomic E-state index is 16.4. The monoisotopic (exact) mass is 1900 g/mol. The highest BCUT2D eigenvalue weighted by Crippen LogP contribution is 2.41. The Labute approximate surface area is 728 Å². The predicted octanol–water partition coefficient (Wildman–Crippen LogP) is 26.5. The van der Waals surface area contributed by atoms with Gasteiger partial charge in [0.2, 0.25) is 5.28 Å². The fourth-order valence-corrected chi connectivity index (χ4v) is 15.7. The van der Waals surface area contributed by atoms with Crippen LogP contribution >= 0.6 is 79.4 Å². The van der Waals surface area contributed by atoms with Gasteiger partial charge in [-0.15, -0.1) is 0 Å². The van der Waals surface area contributed by atoms with Crippen LogP contribution in [0, 0.1) is 11.6 Å². The van der Waals surface area contributed by atoms with Gasteiger partial charge >= 0.3 is 7.12 Å². The number of fused-ring (bicyclic) bond motifs is 12. The van der Waals surface area contributed by atoms with Gasteiger partial charge in [0.25, 0.3) is 0 Å². The van der Waals surface area contributed by atoms with Crippen molar-refractivity contribution in [2.45, 2.75) is 38.9 Å². The van der Waals surface area contributed by atoms with Crippen molar-refractivity contribution in [2.75, 3.05) is 14.8 Å². The lowest BCUT2D eigenvalue weighted by atomic mass is 9.79. The number of rotatable bonds is 10. The Morgan fingerprint density at radius 2 is 0.525 bits per heavy atom. The fourth-order valence-electron chi connectivity index (χ4n) is 15.5. The first kappa shape index (κ1) is 80.4. The molecule has 580 valence electrons. The van der Waals surface area contributed by atoms with E-state index in [9.17, 15) is 0 Å². The molecule has 0 unspecified atom stereocenters. The maximum atomic E-state index is 16.4. The smallest absolute Gasteiger partial charge is 0.399 e. The number of aromatic nitrogens is 10. The zero-order valence-corrected chi connectivity index (χ0v) is 72.7. The van der Waals surface area contributed by atoms with Crippen LogP contribution < -0.4 is 5.46 Å². The van der Waals surface area contributed by atoms with Gasteiger partial charge in [-0.05, 0) is 163 Å². The average Bonchev–Trinajstić information content (AvgIpc) is 1.60. The highest BCUT2D eigenvalue weighted by molar-refractivity contribution is 14.1. The van der Waals surface area contributed by atoms with Gasteiger partial charge in [0.15, 0.2) is 29.1 Å². The molecule has 19 heteroatoms. The summed E-state index contributed by atoms with van der Waals surface area (Å²) >= 11 is 12.7. The van der Waals surface area contributed by atoms with E-state index >= 15 is 8.78 Å². The highest BCUT2D eigenvalue weighted by atomic mass is 127. The summed E-state index contributed by atoms with van der Waals surface area (Å²) in [5.74, 6) is 1.86. The lowest BCUT2D eigenvalue weighted by molar-refractivity contribution is 0.00578. The number of hydrogen-bond donors (Lipinski definition) is 0. The summed E-state index contributed by atoms with van der Waals surface area (Å²) in [5, 5.41) is 9.39. The zero-order chi connectivity index (χ0) is 81.8. The van der Waals surface area contributed by atoms with E-state index < -0.39 is 18.3 Å². The Balaban J connectivity index is 0.000000135. The van der Waals surface area contributed by atoms with Crippen molar-refractivity contribution < 1.29 is 18.1 Å². The third kappa shape index (κ3) is 15.5. The Morgan fingerprint density at radius 3 is 0.847 bits per heavy atom. The van der Waals surface area contributed by atoms with Crippen LogP contribution in [0.1, 0.15) is 27.7 Å². The fraction of sp³-hybridized carbons (Fsp3) is 0.0909. The van der Waals surface area contributed by atoms with Gasteiger partial charge in [-0.1, -0.05) is 304 Å². The molecule has 1 saturated heterocycles. The minimum absolute atomic E-state index is 0.177. The molecule has 0 saturated carbocycles. The third-order valence-electron chi connectivity index (χ3n) is 21.5. The molecule has 0 atom stereocenters. The molecule has 0 spiro atoms. The molecule has 7 heterocycles. The first-order valence-electron chi connectivity index (χ1n) is 38.3. The summed E-state index contributed by atoms with van der Waals surface area (Å²) in [7, 11) is -0.582. The Kier molecular flexibility index (Phi) is 23.9. The molecule has 1 aliphatic rings. The van der Waals surface area contributed by atoms with E-state index in [1.165, 1.54) is 33.7 Å². The molecule has 14 aromatic carbocycles. The molecular formula is C99H77BClF2I3N10O2. The van der Waals surface area contributed by atoms with Gasteiger partial charge in [0, 0.05) is 82.3 Å². The first-order valence-corrected chi connectivity index (χ1v) is 45.1. The number of hydrogen-bond acceptors (Lipinski definition) is 8. The second-order valence-electron chi connectivity index (χ2n) is 28.8. The van der Waals surface area contributed by atoms with Crippen LogP contribution in [-0.2, 0) is 9.31 Å². The second-order valence-corrected chi connectivity index (χ2v) is 29.2. The minimum Gasteiger partial charge on any atom is -0.399 e. The molecule has 12 nitrogen and oxygen atoms in total. The van der Waals surface area contributed by atoms with Crippen molar-refractivity contribution in [1.82, 2.24) is 48.2 Å². The quantitative estimate of drug-likeness (QED) is 0.0755. The van der Waals surface area contributed by atoms with E-state index in [2.05, 4.69) is 232 Å². The van der Waals surface area contributed by atoms with Crippen molar-refractivity contribution in [3.05, 3.63) is 357 Å². The SMILES string of the molecule is CC1(C)OB(c2ccc(-n3c4ccccc4c4ccccc43)c(F)c2)OC1(C)C.CI.CI.CI.Clc1nc(-c2ccccc2)nc(-c2cccc(-n3c4ccccc4c4ccccc43)c2)n1.Fc1cc(-c2nc(-c3ccccc3)nc(-c3cccc(-n4c5ccccc5c5ccccc54)c3)n2)ccc1-n1c2ccccc2c2ccccc21. The van der Waals surface area contributed by atoms with Crippen LogP contribution in [0.15, 0.2) is 340 Å². The van der Waals surface area contributed by atoms with Crippen molar-refractivity contribution in [3.63, 3.8) is 0 Å². The van der Waals surface area contributed by atoms with Gasteiger partial charge in [0.1, 0.15) is 11.6 Å². The third-order valence-corrected chi connectivity index (χ3v) is 21.7. The summed E-state index contributed by atoms with van der Waals surface area (Å²) in [6.45, 7) is 7.98. The summed E-state index contributed by atoms with van der Waals surface area (Å²) in [6, 6.07) is 113. The number of nitrogens with zero attached hydrogens (tertiary/aromatic N) is 10. The molecule has 1 aliphatic heterocycles. The van der Waals surface area contributed by atoms with Crippen LogP contribution in [0.5, 0.6) is 0 Å². The van der Waals surface area contributed by atoms with Crippen molar-refractivity contribution in [3.8, 4) is 79.7 Å². The maximum Gasteiger partial charge on any atom is 0.494 e. The molecular weight excluding hydrogens is 1830 g/mol. The molecule has 0 N–H and O–H groups in total. The lowest BCUT2D eigenvalue weighted by Crippen LogP contribution is -2.41. The van der Waals surface area contributed by atoms with E-state index in [1.54, 1.807) is 0 Å². The van der Waals surface area contributed by atoms with Crippen LogP contribution in [0.4, 0.5) is 8.78 Å². The minimum atomic E-state index is -0.582. The molecule has 0 radical (unpaired) electrons. The van der Waals surface area contributed by atoms with E-state index in [0.29, 0.717) is 51.5 Å². The summed E-state index contributed by atoms with van der Waals surface area (Å²) in [5.41, 5.74) is 15.2. The molecule has 21 rings (SSSR count). The molecule has 0 amide bonds. The van der Waals surface area contributed by atoms with Crippen LogP contribution in [-0.4, -0.2) is 81.3 Å². The molecule has 0 aliphatic carbocycles. The standard InChI is InChI=1S/C45H28FN5.C27H17ClN4.C24H23BFNO2.3CH3I/c46-37-28-31(25-26-42(37)51-40-23-10-6-19-35(40)36-20-7-11-24-41(36)51)45-48-43(29-13-2-1-3-14-29)47-44(49-45)30-15-12-16-32(27-30)50-38-21-8-4-17-33(38)34-18-5-9-22-39(34)50;28-27-30-25(18-9-2-1-3-10-18)29-26(31-27)19-11-8-12-20(17-19)32-23-15-6-4-13-21(23)22-14-5-7-16-24(22)32;1-23(2)24(3,4)29-25(28-23)16-13-14-22(19(26)15-16)27-20-11-7-5-9-17(20)18-10-6-8-12-21(18)27;3*1-2/h1-28H;1-17H;5-15H,1-4H3;3*1H3. The van der Waals surface area contributed by atoms with Crippen LogP contribution in [0.3, 0.4) is 0 Å². The van der Waals surface area contributed by atoms with Gasteiger partial charge < -0.3 is 27.6 Å².